The van der Waals surface area contributed by atoms with E-state index in [9.17, 15) is 9.59 Å². The summed E-state index contributed by atoms with van der Waals surface area (Å²) < 4.78 is 12.1. The summed E-state index contributed by atoms with van der Waals surface area (Å²) >= 11 is 6.51. The Balaban J connectivity index is 1.56. The van der Waals surface area contributed by atoms with Crippen molar-refractivity contribution in [2.75, 3.05) is 11.9 Å². The third kappa shape index (κ3) is 5.82. The topological polar surface area (TPSA) is 84.9 Å². The van der Waals surface area contributed by atoms with Crippen LogP contribution in [0.3, 0.4) is 0 Å². The van der Waals surface area contributed by atoms with Crippen LogP contribution in [0.1, 0.15) is 10.4 Å². The van der Waals surface area contributed by atoms with Crippen LogP contribution in [0.2, 0.25) is 0 Å². The van der Waals surface area contributed by atoms with Crippen LogP contribution in [0.5, 0.6) is 17.2 Å². The van der Waals surface area contributed by atoms with Crippen molar-refractivity contribution in [1.82, 2.24) is 0 Å². The fourth-order valence-corrected chi connectivity index (χ4v) is 3.80. The number of nitrogens with one attached hydrogen (secondary N) is 1. The zero-order valence-electron chi connectivity index (χ0n) is 14.9. The van der Waals surface area contributed by atoms with Crippen LogP contribution in [0.4, 0.5) is 5.69 Å². The number of halogens is 2. The second-order valence-electron chi connectivity index (χ2n) is 5.85. The molecule has 0 aliphatic carbocycles. The van der Waals surface area contributed by atoms with E-state index in [-0.39, 0.29) is 18.1 Å². The number of carbonyl (C=O) groups excluding carboxylic acids is 1. The van der Waals surface area contributed by atoms with Crippen molar-refractivity contribution in [2.45, 2.75) is 0 Å². The largest absolute Gasteiger partial charge is 0.481 e. The minimum atomic E-state index is -1.06. The van der Waals surface area contributed by atoms with Crippen LogP contribution in [0.15, 0.2) is 75.7 Å². The Morgan fingerprint density at radius 1 is 0.897 bits per heavy atom. The van der Waals surface area contributed by atoms with E-state index in [1.54, 1.807) is 24.3 Å². The number of benzene rings is 3. The number of hydrogen-bond donors (Lipinski definition) is 2. The smallest absolute Gasteiger partial charge is 0.335 e. The van der Waals surface area contributed by atoms with E-state index in [1.165, 1.54) is 12.1 Å². The van der Waals surface area contributed by atoms with Crippen LogP contribution in [0.25, 0.3) is 0 Å². The summed E-state index contributed by atoms with van der Waals surface area (Å²) in [6.07, 6.45) is 0. The molecule has 0 spiro atoms. The molecule has 3 aromatic carbocycles. The zero-order valence-corrected chi connectivity index (χ0v) is 18.1. The highest BCUT2D eigenvalue weighted by molar-refractivity contribution is 9.11. The second-order valence-corrected chi connectivity index (χ2v) is 7.56. The molecule has 1 amide bonds. The fourth-order valence-electron chi connectivity index (χ4n) is 2.39. The molecule has 3 rings (SSSR count). The summed E-state index contributed by atoms with van der Waals surface area (Å²) in [4.78, 5) is 23.2. The number of ether oxygens (including phenoxy) is 2. The van der Waals surface area contributed by atoms with E-state index in [1.807, 2.05) is 30.3 Å². The van der Waals surface area contributed by atoms with Gasteiger partial charge in [0.25, 0.3) is 5.91 Å². The summed E-state index contributed by atoms with van der Waals surface area (Å²) in [7, 11) is 0. The molecule has 3 aromatic rings. The molecule has 29 heavy (non-hydrogen) atoms. The summed E-state index contributed by atoms with van der Waals surface area (Å²) in [6, 6.07) is 19.2. The predicted molar refractivity (Wildman–Crippen MR) is 116 cm³/mol. The van der Waals surface area contributed by atoms with Crippen LogP contribution < -0.4 is 14.8 Å². The molecular formula is C21H15Br2NO5. The van der Waals surface area contributed by atoms with Gasteiger partial charge in [0.05, 0.1) is 14.5 Å². The van der Waals surface area contributed by atoms with Gasteiger partial charge in [-0.25, -0.2) is 4.79 Å². The molecule has 6 nitrogen and oxygen atoms in total. The van der Waals surface area contributed by atoms with Crippen molar-refractivity contribution in [3.05, 3.63) is 81.2 Å². The first-order valence-electron chi connectivity index (χ1n) is 8.40. The average molecular weight is 521 g/mol. The molecule has 8 heteroatoms. The standard InChI is InChI=1S/C21H15Br2NO5/c22-17-10-13(21(26)27)11-18(23)20(17)28-12-19(25)24-14-6-8-16(9-7-14)29-15-4-2-1-3-5-15/h1-11H,12H2,(H,24,25)(H,26,27). The van der Waals surface area contributed by atoms with Crippen molar-refractivity contribution in [3.8, 4) is 17.2 Å². The molecule has 0 heterocycles. The lowest BCUT2D eigenvalue weighted by Gasteiger charge is -2.12. The molecule has 0 unspecified atom stereocenters. The SMILES string of the molecule is O=C(COc1c(Br)cc(C(=O)O)cc1Br)Nc1ccc(Oc2ccccc2)cc1. The Bertz CT molecular complexity index is 1000. The maximum Gasteiger partial charge on any atom is 0.335 e. The highest BCUT2D eigenvalue weighted by atomic mass is 79.9. The van der Waals surface area contributed by atoms with Gasteiger partial charge < -0.3 is 19.9 Å². The van der Waals surface area contributed by atoms with E-state index < -0.39 is 5.97 Å². The van der Waals surface area contributed by atoms with Gasteiger partial charge >= 0.3 is 5.97 Å². The molecule has 0 radical (unpaired) electrons. The number of hydrogen-bond acceptors (Lipinski definition) is 4. The number of anilines is 1. The van der Waals surface area contributed by atoms with Crippen LogP contribution in [0, 0.1) is 0 Å². The van der Waals surface area contributed by atoms with Crippen LogP contribution in [-0.4, -0.2) is 23.6 Å². The highest BCUT2D eigenvalue weighted by Gasteiger charge is 2.14. The number of aromatic carboxylic acids is 1. The molecule has 0 aliphatic rings. The number of amides is 1. The monoisotopic (exact) mass is 519 g/mol. The molecule has 148 valence electrons. The van der Waals surface area contributed by atoms with Gasteiger partial charge in [-0.3, -0.25) is 4.79 Å². The van der Waals surface area contributed by atoms with E-state index in [0.717, 1.165) is 5.75 Å². The van der Waals surface area contributed by atoms with E-state index in [4.69, 9.17) is 14.6 Å². The maximum atomic E-state index is 12.2. The summed E-state index contributed by atoms with van der Waals surface area (Å²) in [5, 5.41) is 11.8. The lowest BCUT2D eigenvalue weighted by molar-refractivity contribution is -0.118. The predicted octanol–water partition coefficient (Wildman–Crippen LogP) is 5.72. The maximum absolute atomic E-state index is 12.2. The van der Waals surface area contributed by atoms with Crippen molar-refractivity contribution in [3.63, 3.8) is 0 Å². The van der Waals surface area contributed by atoms with Crippen molar-refractivity contribution >= 4 is 49.4 Å². The highest BCUT2D eigenvalue weighted by Crippen LogP contribution is 2.34. The number of carboxylic acids is 1. The molecule has 0 aromatic heterocycles. The van der Waals surface area contributed by atoms with Crippen LogP contribution >= 0.6 is 31.9 Å². The summed E-state index contributed by atoms with van der Waals surface area (Å²) in [6.45, 7) is -0.244. The van der Waals surface area contributed by atoms with Crippen molar-refractivity contribution in [1.29, 1.82) is 0 Å². The van der Waals surface area contributed by atoms with Gasteiger partial charge in [0.1, 0.15) is 17.2 Å². The molecule has 0 atom stereocenters. The van der Waals surface area contributed by atoms with Gasteiger partial charge in [0.15, 0.2) is 6.61 Å². The molecule has 2 N–H and O–H groups in total. The minimum Gasteiger partial charge on any atom is -0.481 e. The first-order chi connectivity index (χ1) is 13.9. The molecule has 0 bridgehead atoms. The lowest BCUT2D eigenvalue weighted by atomic mass is 10.2. The lowest BCUT2D eigenvalue weighted by Crippen LogP contribution is -2.20. The molecule has 0 aliphatic heterocycles. The average Bonchev–Trinajstić information content (AvgIpc) is 2.69. The van der Waals surface area contributed by atoms with E-state index in [0.29, 0.717) is 26.1 Å². The molecule has 0 saturated heterocycles. The van der Waals surface area contributed by atoms with Gasteiger partial charge in [-0.2, -0.15) is 0 Å². The Hall–Kier alpha value is -2.84. The van der Waals surface area contributed by atoms with Gasteiger partial charge in [0.2, 0.25) is 0 Å². The third-order valence-corrected chi connectivity index (χ3v) is 4.89. The quantitative estimate of drug-likeness (QED) is 0.416. The number of para-hydroxylation sites is 1. The normalized spacial score (nSPS) is 10.3. The zero-order chi connectivity index (χ0) is 20.8. The Morgan fingerprint density at radius 2 is 1.48 bits per heavy atom. The first-order valence-corrected chi connectivity index (χ1v) is 9.99. The fraction of sp³-hybridized carbons (Fsp3) is 0.0476. The Kier molecular flexibility index (Phi) is 6.90. The van der Waals surface area contributed by atoms with Gasteiger partial charge in [0, 0.05) is 5.69 Å². The van der Waals surface area contributed by atoms with Gasteiger partial charge in [-0.05, 0) is 80.4 Å². The Labute approximate surface area is 183 Å². The summed E-state index contributed by atoms with van der Waals surface area (Å²) in [5.74, 6) is 0.301. The van der Waals surface area contributed by atoms with E-state index in [2.05, 4.69) is 37.2 Å². The number of rotatable bonds is 7. The molecule has 0 fully saturated rings. The number of carbonyl (C=O) groups is 2. The summed E-state index contributed by atoms with van der Waals surface area (Å²) in [5.41, 5.74) is 0.691. The second kappa shape index (κ2) is 9.58. The van der Waals surface area contributed by atoms with E-state index >= 15 is 0 Å². The molecule has 0 saturated carbocycles. The first kappa shape index (κ1) is 20.9. The Morgan fingerprint density at radius 3 is 2.07 bits per heavy atom. The number of carboxylic acid groups (broad SMARTS) is 1. The minimum absolute atomic E-state index is 0.0957. The van der Waals surface area contributed by atoms with Crippen LogP contribution in [-0.2, 0) is 4.79 Å². The molecular weight excluding hydrogens is 506 g/mol. The third-order valence-electron chi connectivity index (χ3n) is 3.71. The van der Waals surface area contributed by atoms with Crippen molar-refractivity contribution < 1.29 is 24.2 Å². The van der Waals surface area contributed by atoms with Gasteiger partial charge in [-0.15, -0.1) is 0 Å². The van der Waals surface area contributed by atoms with Crippen molar-refractivity contribution in [2.24, 2.45) is 0 Å². The van der Waals surface area contributed by atoms with Gasteiger partial charge in [-0.1, -0.05) is 18.2 Å².